The molecular weight excluding hydrogens is 230 g/mol. The van der Waals surface area contributed by atoms with Crippen LogP contribution in [0.25, 0.3) is 0 Å². The molecular formula is C11H14F2N2O2. The second-order valence-electron chi connectivity index (χ2n) is 3.53. The van der Waals surface area contributed by atoms with E-state index in [4.69, 9.17) is 5.73 Å². The van der Waals surface area contributed by atoms with Gasteiger partial charge in [0.25, 0.3) is 6.43 Å². The molecule has 0 spiro atoms. The second kappa shape index (κ2) is 5.67. The predicted octanol–water partition coefficient (Wildman–Crippen LogP) is 1.50. The highest BCUT2D eigenvalue weighted by molar-refractivity contribution is 5.73. The summed E-state index contributed by atoms with van der Waals surface area (Å²) in [4.78, 5) is 14.9. The van der Waals surface area contributed by atoms with Crippen molar-refractivity contribution in [2.45, 2.75) is 26.3 Å². The molecule has 94 valence electrons. The minimum Gasteiger partial charge on any atom is -0.469 e. The van der Waals surface area contributed by atoms with E-state index < -0.39 is 12.4 Å². The smallest absolute Gasteiger partial charge is 0.310 e. The average molecular weight is 244 g/mol. The van der Waals surface area contributed by atoms with E-state index in [9.17, 15) is 13.6 Å². The van der Waals surface area contributed by atoms with Crippen LogP contribution in [0.3, 0.4) is 0 Å². The molecule has 0 aliphatic rings. The van der Waals surface area contributed by atoms with Crippen molar-refractivity contribution >= 4 is 5.97 Å². The molecule has 0 fully saturated rings. The van der Waals surface area contributed by atoms with Crippen LogP contribution in [0.5, 0.6) is 0 Å². The van der Waals surface area contributed by atoms with Gasteiger partial charge >= 0.3 is 5.97 Å². The Kier molecular flexibility index (Phi) is 4.51. The van der Waals surface area contributed by atoms with Crippen LogP contribution in [-0.4, -0.2) is 18.1 Å². The largest absolute Gasteiger partial charge is 0.469 e. The summed E-state index contributed by atoms with van der Waals surface area (Å²) in [6.45, 7) is 1.65. The quantitative estimate of drug-likeness (QED) is 0.815. The van der Waals surface area contributed by atoms with Crippen LogP contribution in [0.2, 0.25) is 0 Å². The summed E-state index contributed by atoms with van der Waals surface area (Å²) in [6.07, 6.45) is -2.66. The lowest BCUT2D eigenvalue weighted by molar-refractivity contribution is -0.139. The van der Waals surface area contributed by atoms with Crippen molar-refractivity contribution in [3.8, 4) is 0 Å². The van der Waals surface area contributed by atoms with E-state index in [1.165, 1.54) is 13.2 Å². The number of methoxy groups -OCH3 is 1. The Hall–Kier alpha value is -1.56. The number of halogens is 2. The lowest BCUT2D eigenvalue weighted by atomic mass is 10.0. The standard InChI is InChI=1S/C11H14F2N2O2/c1-6-8(4-10(16)17-2)7(5-14)3-9(15-6)11(12)13/h3,11H,4-5,14H2,1-2H3. The molecule has 0 amide bonds. The Labute approximate surface area is 97.8 Å². The Bertz CT molecular complexity index is 422. The maximum atomic E-state index is 12.5. The molecule has 1 aromatic rings. The second-order valence-corrected chi connectivity index (χ2v) is 3.53. The highest BCUT2D eigenvalue weighted by atomic mass is 19.3. The van der Waals surface area contributed by atoms with Crippen molar-refractivity contribution in [1.29, 1.82) is 0 Å². The Balaban J connectivity index is 3.16. The molecule has 0 aromatic carbocycles. The van der Waals surface area contributed by atoms with Gasteiger partial charge in [-0.25, -0.2) is 8.78 Å². The average Bonchev–Trinajstić information content (AvgIpc) is 2.30. The molecule has 1 heterocycles. The number of carbonyl (C=O) groups is 1. The molecule has 4 nitrogen and oxygen atoms in total. The first kappa shape index (κ1) is 13.5. The number of nitrogens with two attached hydrogens (primary N) is 1. The van der Waals surface area contributed by atoms with Crippen molar-refractivity contribution < 1.29 is 18.3 Å². The van der Waals surface area contributed by atoms with Crippen LogP contribution in [0.15, 0.2) is 6.07 Å². The van der Waals surface area contributed by atoms with E-state index in [1.807, 2.05) is 0 Å². The highest BCUT2D eigenvalue weighted by Gasteiger charge is 2.16. The number of aromatic nitrogens is 1. The maximum absolute atomic E-state index is 12.5. The number of carbonyl (C=O) groups excluding carboxylic acids is 1. The first-order chi connectivity index (χ1) is 7.99. The number of aryl methyl sites for hydroxylation is 1. The van der Waals surface area contributed by atoms with Crippen LogP contribution in [0.4, 0.5) is 8.78 Å². The zero-order valence-corrected chi connectivity index (χ0v) is 9.67. The third-order valence-electron chi connectivity index (χ3n) is 2.44. The Morgan fingerprint density at radius 1 is 1.59 bits per heavy atom. The lowest BCUT2D eigenvalue weighted by Gasteiger charge is -2.12. The minimum absolute atomic E-state index is 0.00855. The monoisotopic (exact) mass is 244 g/mol. The first-order valence-corrected chi connectivity index (χ1v) is 5.04. The van der Waals surface area contributed by atoms with Crippen molar-refractivity contribution in [2.75, 3.05) is 7.11 Å². The van der Waals surface area contributed by atoms with E-state index in [0.717, 1.165) is 0 Å². The van der Waals surface area contributed by atoms with Gasteiger partial charge in [-0.05, 0) is 24.1 Å². The summed E-state index contributed by atoms with van der Waals surface area (Å²) in [5.74, 6) is -0.450. The molecule has 0 saturated carbocycles. The number of ether oxygens (including phenoxy) is 1. The zero-order valence-electron chi connectivity index (χ0n) is 9.67. The molecule has 0 radical (unpaired) electrons. The SMILES string of the molecule is COC(=O)Cc1c(CN)cc(C(F)F)nc1C. The van der Waals surface area contributed by atoms with Crippen molar-refractivity contribution in [1.82, 2.24) is 4.98 Å². The summed E-state index contributed by atoms with van der Waals surface area (Å²) in [5.41, 5.74) is 6.60. The van der Waals surface area contributed by atoms with Gasteiger partial charge in [0.1, 0.15) is 5.69 Å². The van der Waals surface area contributed by atoms with Gasteiger partial charge in [0, 0.05) is 12.2 Å². The van der Waals surface area contributed by atoms with Gasteiger partial charge < -0.3 is 10.5 Å². The van der Waals surface area contributed by atoms with Crippen molar-refractivity contribution in [3.05, 3.63) is 28.6 Å². The van der Waals surface area contributed by atoms with Crippen molar-refractivity contribution in [3.63, 3.8) is 0 Å². The van der Waals surface area contributed by atoms with E-state index in [1.54, 1.807) is 6.92 Å². The fourth-order valence-electron chi connectivity index (χ4n) is 1.54. The number of nitrogens with zero attached hydrogens (tertiary/aromatic N) is 1. The van der Waals surface area contributed by atoms with Gasteiger partial charge in [-0.3, -0.25) is 9.78 Å². The number of rotatable bonds is 4. The van der Waals surface area contributed by atoms with Gasteiger partial charge in [-0.2, -0.15) is 0 Å². The molecule has 0 saturated heterocycles. The molecule has 1 aromatic heterocycles. The fraction of sp³-hybridized carbons (Fsp3) is 0.455. The summed E-state index contributed by atoms with van der Waals surface area (Å²) < 4.78 is 29.6. The minimum atomic E-state index is -2.65. The summed E-state index contributed by atoms with van der Waals surface area (Å²) >= 11 is 0. The molecule has 1 rings (SSSR count). The molecule has 0 unspecified atom stereocenters. The third kappa shape index (κ3) is 3.20. The molecule has 0 atom stereocenters. The number of hydrogen-bond acceptors (Lipinski definition) is 4. The van der Waals surface area contributed by atoms with Gasteiger partial charge in [0.15, 0.2) is 0 Å². The molecule has 0 aliphatic heterocycles. The van der Waals surface area contributed by atoms with Gasteiger partial charge in [0.05, 0.1) is 13.5 Å². The molecule has 2 N–H and O–H groups in total. The predicted molar refractivity (Wildman–Crippen MR) is 57.5 cm³/mol. The summed E-state index contributed by atoms with van der Waals surface area (Å²) in [5, 5.41) is 0. The van der Waals surface area contributed by atoms with Crippen LogP contribution in [0, 0.1) is 6.92 Å². The fourth-order valence-corrected chi connectivity index (χ4v) is 1.54. The van der Waals surface area contributed by atoms with Crippen LogP contribution < -0.4 is 5.73 Å². The number of esters is 1. The van der Waals surface area contributed by atoms with E-state index in [2.05, 4.69) is 9.72 Å². The lowest BCUT2D eigenvalue weighted by Crippen LogP contribution is -2.13. The normalized spacial score (nSPS) is 10.7. The molecule has 6 heteroatoms. The summed E-state index contributed by atoms with van der Waals surface area (Å²) in [7, 11) is 1.26. The van der Waals surface area contributed by atoms with E-state index in [0.29, 0.717) is 16.8 Å². The van der Waals surface area contributed by atoms with Gasteiger partial charge in [0.2, 0.25) is 0 Å². The van der Waals surface area contributed by atoms with E-state index in [-0.39, 0.29) is 18.7 Å². The Morgan fingerprint density at radius 2 is 2.24 bits per heavy atom. The number of hydrogen-bond donors (Lipinski definition) is 1. The van der Waals surface area contributed by atoms with Crippen molar-refractivity contribution in [2.24, 2.45) is 5.73 Å². The topological polar surface area (TPSA) is 65.2 Å². The number of pyridine rings is 1. The van der Waals surface area contributed by atoms with E-state index >= 15 is 0 Å². The van der Waals surface area contributed by atoms with Gasteiger partial charge in [-0.1, -0.05) is 0 Å². The Morgan fingerprint density at radius 3 is 2.71 bits per heavy atom. The van der Waals surface area contributed by atoms with Gasteiger partial charge in [-0.15, -0.1) is 0 Å². The van der Waals surface area contributed by atoms with Crippen LogP contribution in [0.1, 0.15) is 28.9 Å². The number of alkyl halides is 2. The van der Waals surface area contributed by atoms with Crippen LogP contribution in [-0.2, 0) is 22.5 Å². The third-order valence-corrected chi connectivity index (χ3v) is 2.44. The first-order valence-electron chi connectivity index (χ1n) is 5.04. The molecule has 0 aliphatic carbocycles. The molecule has 0 bridgehead atoms. The summed E-state index contributed by atoms with van der Waals surface area (Å²) in [6, 6.07) is 1.23. The molecule has 17 heavy (non-hydrogen) atoms. The zero-order chi connectivity index (χ0) is 13.0. The maximum Gasteiger partial charge on any atom is 0.310 e. The highest BCUT2D eigenvalue weighted by Crippen LogP contribution is 2.22. The van der Waals surface area contributed by atoms with Crippen LogP contribution >= 0.6 is 0 Å².